The van der Waals surface area contributed by atoms with Gasteiger partial charge in [0.25, 0.3) is 5.91 Å². The van der Waals surface area contributed by atoms with Crippen LogP contribution in [-0.2, 0) is 6.54 Å². The predicted molar refractivity (Wildman–Crippen MR) is 95.4 cm³/mol. The summed E-state index contributed by atoms with van der Waals surface area (Å²) in [6.45, 7) is 3.65. The number of likely N-dealkylation sites (tertiary alicyclic amines) is 1. The van der Waals surface area contributed by atoms with E-state index in [1.807, 2.05) is 28.9 Å². The highest BCUT2D eigenvalue weighted by molar-refractivity contribution is 5.95. The molecule has 0 radical (unpaired) electrons. The minimum absolute atomic E-state index is 0.140. The number of rotatable bonds is 4. The largest absolute Gasteiger partial charge is 0.334 e. The molecule has 2 fully saturated rings. The number of carbonyl (C=O) groups excluding carboxylic acids is 1. The highest BCUT2D eigenvalue weighted by Gasteiger charge is 2.33. The van der Waals surface area contributed by atoms with E-state index < -0.39 is 0 Å². The Balaban J connectivity index is 1.51. The van der Waals surface area contributed by atoms with Gasteiger partial charge in [0.05, 0.1) is 36.2 Å². The molecule has 6 heteroatoms. The molecule has 1 atom stereocenters. The number of aromatic amines is 1. The summed E-state index contributed by atoms with van der Waals surface area (Å²) in [6, 6.07) is 0.223. The van der Waals surface area contributed by atoms with Gasteiger partial charge in [0, 0.05) is 18.7 Å². The number of aromatic nitrogens is 4. The fraction of sp³-hybridized carbons (Fsp3) is 0.632. The first-order valence-corrected chi connectivity index (χ1v) is 9.55. The molecule has 1 N–H and O–H groups in total. The minimum Gasteiger partial charge on any atom is -0.334 e. The maximum Gasteiger partial charge on any atom is 0.257 e. The Bertz CT molecular complexity index is 728. The lowest BCUT2D eigenvalue weighted by Gasteiger charge is -2.26. The van der Waals surface area contributed by atoms with Crippen LogP contribution in [0.3, 0.4) is 0 Å². The number of aryl methyl sites for hydroxylation is 1. The third kappa shape index (κ3) is 3.34. The van der Waals surface area contributed by atoms with E-state index in [4.69, 9.17) is 0 Å². The first-order valence-electron chi connectivity index (χ1n) is 9.55. The van der Waals surface area contributed by atoms with Crippen LogP contribution in [0.15, 0.2) is 18.6 Å². The van der Waals surface area contributed by atoms with Crippen LogP contribution in [0.1, 0.15) is 72.5 Å². The number of nitrogens with one attached hydrogen (secondary N) is 1. The van der Waals surface area contributed by atoms with Gasteiger partial charge in [0.1, 0.15) is 0 Å². The SMILES string of the molecule is Cc1cnn(C[C@H]2CCCN2C(=O)c2cn[nH]c2C2CCCCC2)c1. The molecule has 0 spiro atoms. The second-order valence-electron chi connectivity index (χ2n) is 7.57. The average Bonchev–Trinajstić information content (AvgIpc) is 3.36. The summed E-state index contributed by atoms with van der Waals surface area (Å²) >= 11 is 0. The van der Waals surface area contributed by atoms with Crippen molar-refractivity contribution in [3.8, 4) is 0 Å². The number of H-pyrrole nitrogens is 1. The van der Waals surface area contributed by atoms with Crippen molar-refractivity contribution in [2.45, 2.75) is 70.4 Å². The summed E-state index contributed by atoms with van der Waals surface area (Å²) in [6.07, 6.45) is 13.9. The molecule has 0 unspecified atom stereocenters. The molecule has 2 aromatic heterocycles. The molecular weight excluding hydrogens is 314 g/mol. The van der Waals surface area contributed by atoms with Crippen molar-refractivity contribution in [1.29, 1.82) is 0 Å². The summed E-state index contributed by atoms with van der Waals surface area (Å²) in [7, 11) is 0. The zero-order chi connectivity index (χ0) is 17.2. The van der Waals surface area contributed by atoms with E-state index in [9.17, 15) is 4.79 Å². The maximum atomic E-state index is 13.2. The Morgan fingerprint density at radius 2 is 2.04 bits per heavy atom. The first-order chi connectivity index (χ1) is 12.2. The smallest absolute Gasteiger partial charge is 0.257 e. The number of hydrogen-bond donors (Lipinski definition) is 1. The molecule has 1 saturated carbocycles. The lowest BCUT2D eigenvalue weighted by Crippen LogP contribution is -2.38. The van der Waals surface area contributed by atoms with Gasteiger partial charge in [0.2, 0.25) is 0 Å². The van der Waals surface area contributed by atoms with Crippen molar-refractivity contribution in [1.82, 2.24) is 24.9 Å². The molecule has 134 valence electrons. The molecule has 6 nitrogen and oxygen atoms in total. The fourth-order valence-corrected chi connectivity index (χ4v) is 4.40. The summed E-state index contributed by atoms with van der Waals surface area (Å²) in [5, 5.41) is 11.7. The van der Waals surface area contributed by atoms with Crippen molar-refractivity contribution >= 4 is 5.91 Å². The summed E-state index contributed by atoms with van der Waals surface area (Å²) in [4.78, 5) is 15.2. The zero-order valence-electron chi connectivity index (χ0n) is 14.9. The van der Waals surface area contributed by atoms with E-state index in [1.54, 1.807) is 6.20 Å². The van der Waals surface area contributed by atoms with Crippen molar-refractivity contribution < 1.29 is 4.79 Å². The van der Waals surface area contributed by atoms with Crippen LogP contribution < -0.4 is 0 Å². The molecule has 1 amide bonds. The number of hydrogen-bond acceptors (Lipinski definition) is 3. The van der Waals surface area contributed by atoms with E-state index in [-0.39, 0.29) is 11.9 Å². The molecule has 25 heavy (non-hydrogen) atoms. The van der Waals surface area contributed by atoms with Crippen LogP contribution in [-0.4, -0.2) is 43.4 Å². The van der Waals surface area contributed by atoms with Crippen LogP contribution >= 0.6 is 0 Å². The van der Waals surface area contributed by atoms with E-state index in [0.717, 1.165) is 42.8 Å². The number of amides is 1. The maximum absolute atomic E-state index is 13.2. The topological polar surface area (TPSA) is 66.8 Å². The highest BCUT2D eigenvalue weighted by Crippen LogP contribution is 2.34. The van der Waals surface area contributed by atoms with E-state index in [1.165, 1.54) is 32.1 Å². The van der Waals surface area contributed by atoms with Crippen molar-refractivity contribution in [2.75, 3.05) is 6.54 Å². The van der Waals surface area contributed by atoms with Gasteiger partial charge in [-0.1, -0.05) is 19.3 Å². The summed E-state index contributed by atoms with van der Waals surface area (Å²) < 4.78 is 1.96. The summed E-state index contributed by atoms with van der Waals surface area (Å²) in [5.74, 6) is 0.603. The summed E-state index contributed by atoms with van der Waals surface area (Å²) in [5.41, 5.74) is 3.01. The second-order valence-corrected chi connectivity index (χ2v) is 7.57. The lowest BCUT2D eigenvalue weighted by atomic mass is 9.85. The molecule has 3 heterocycles. The van der Waals surface area contributed by atoms with Crippen LogP contribution in [0.2, 0.25) is 0 Å². The normalized spacial score (nSPS) is 21.8. The van der Waals surface area contributed by atoms with Crippen molar-refractivity contribution in [3.05, 3.63) is 35.4 Å². The van der Waals surface area contributed by atoms with Gasteiger partial charge < -0.3 is 4.90 Å². The first kappa shape index (κ1) is 16.4. The van der Waals surface area contributed by atoms with Crippen LogP contribution in [0, 0.1) is 6.92 Å². The Hall–Kier alpha value is -2.11. The van der Waals surface area contributed by atoms with Crippen LogP contribution in [0.5, 0.6) is 0 Å². The van der Waals surface area contributed by atoms with E-state index >= 15 is 0 Å². The molecular formula is C19H27N5O. The molecule has 1 aliphatic heterocycles. The van der Waals surface area contributed by atoms with Crippen molar-refractivity contribution in [3.63, 3.8) is 0 Å². The number of nitrogens with zero attached hydrogens (tertiary/aromatic N) is 4. The third-order valence-electron chi connectivity index (χ3n) is 5.71. The Morgan fingerprint density at radius 1 is 1.20 bits per heavy atom. The quantitative estimate of drug-likeness (QED) is 0.928. The standard InChI is InChI=1S/C19H27N5O/c1-14-10-21-23(12-14)13-16-8-5-9-24(16)19(25)17-11-20-22-18(17)15-6-3-2-4-7-15/h10-12,15-16H,2-9,13H2,1H3,(H,20,22)/t16-/m1/s1. The van der Waals surface area contributed by atoms with Gasteiger partial charge >= 0.3 is 0 Å². The lowest BCUT2D eigenvalue weighted by molar-refractivity contribution is 0.0719. The van der Waals surface area contributed by atoms with Gasteiger partial charge in [-0.15, -0.1) is 0 Å². The third-order valence-corrected chi connectivity index (χ3v) is 5.71. The average molecular weight is 341 g/mol. The second kappa shape index (κ2) is 7.02. The molecule has 2 aromatic rings. The van der Waals surface area contributed by atoms with Crippen molar-refractivity contribution in [2.24, 2.45) is 0 Å². The van der Waals surface area contributed by atoms with E-state index in [0.29, 0.717) is 5.92 Å². The Labute approximate surface area is 148 Å². The van der Waals surface area contributed by atoms with Gasteiger partial charge in [-0.05, 0) is 38.2 Å². The monoisotopic (exact) mass is 341 g/mol. The fourth-order valence-electron chi connectivity index (χ4n) is 4.40. The molecule has 0 bridgehead atoms. The highest BCUT2D eigenvalue weighted by atomic mass is 16.2. The molecule has 1 saturated heterocycles. The van der Waals surface area contributed by atoms with Gasteiger partial charge in [-0.3, -0.25) is 14.6 Å². The van der Waals surface area contributed by atoms with Gasteiger partial charge in [-0.25, -0.2) is 0 Å². The van der Waals surface area contributed by atoms with E-state index in [2.05, 4.69) is 15.3 Å². The number of carbonyl (C=O) groups is 1. The Kier molecular flexibility index (Phi) is 4.59. The zero-order valence-corrected chi connectivity index (χ0v) is 14.9. The Morgan fingerprint density at radius 3 is 2.80 bits per heavy atom. The van der Waals surface area contributed by atoms with Crippen LogP contribution in [0.4, 0.5) is 0 Å². The van der Waals surface area contributed by atoms with Crippen LogP contribution in [0.25, 0.3) is 0 Å². The van der Waals surface area contributed by atoms with Gasteiger partial charge in [-0.2, -0.15) is 10.2 Å². The van der Waals surface area contributed by atoms with Gasteiger partial charge in [0.15, 0.2) is 0 Å². The predicted octanol–water partition coefficient (Wildman–Crippen LogP) is 3.27. The molecule has 2 aliphatic rings. The molecule has 4 rings (SSSR count). The molecule has 0 aromatic carbocycles. The molecule has 1 aliphatic carbocycles. The minimum atomic E-state index is 0.140.